The molecule has 0 saturated heterocycles. The summed E-state index contributed by atoms with van der Waals surface area (Å²) < 4.78 is 11.1. The van der Waals surface area contributed by atoms with Crippen molar-refractivity contribution >= 4 is 5.78 Å². The van der Waals surface area contributed by atoms with Gasteiger partial charge in [0.25, 0.3) is 0 Å². The van der Waals surface area contributed by atoms with Crippen LogP contribution >= 0.6 is 0 Å². The minimum Gasteiger partial charge on any atom is -0.491 e. The summed E-state index contributed by atoms with van der Waals surface area (Å²) in [5, 5.41) is 10.5. The van der Waals surface area contributed by atoms with E-state index in [0.717, 1.165) is 5.76 Å². The van der Waals surface area contributed by atoms with Crippen LogP contribution < -0.4 is 4.74 Å². The number of carbonyl (C=O) groups is 1. The molecule has 0 unspecified atom stereocenters. The number of hydrogen-bond donors (Lipinski definition) is 1. The first-order chi connectivity index (χ1) is 13.6. The molecule has 0 aliphatic rings. The lowest BCUT2D eigenvalue weighted by Gasteiger charge is -2.24. The zero-order chi connectivity index (χ0) is 19.8. The van der Waals surface area contributed by atoms with Gasteiger partial charge >= 0.3 is 0 Å². The molecular weight excluding hydrogens is 354 g/mol. The number of hydrogen-bond acceptors (Lipinski definition) is 5. The monoisotopic (exact) mass is 379 g/mol. The molecule has 0 saturated carbocycles. The van der Waals surface area contributed by atoms with E-state index >= 15 is 0 Å². The fraction of sp³-hybridized carbons (Fsp3) is 0.261. The third-order valence-corrected chi connectivity index (χ3v) is 4.38. The van der Waals surface area contributed by atoms with E-state index < -0.39 is 6.10 Å². The van der Waals surface area contributed by atoms with Crippen molar-refractivity contribution in [2.75, 3.05) is 13.2 Å². The first-order valence-electron chi connectivity index (χ1n) is 9.30. The highest BCUT2D eigenvalue weighted by Crippen LogP contribution is 2.14. The Morgan fingerprint density at radius 2 is 1.79 bits per heavy atom. The van der Waals surface area contributed by atoms with Gasteiger partial charge in [-0.1, -0.05) is 30.3 Å². The highest BCUT2D eigenvalue weighted by molar-refractivity contribution is 5.94. The van der Waals surface area contributed by atoms with E-state index in [0.29, 0.717) is 30.9 Å². The molecule has 1 atom stereocenters. The topological polar surface area (TPSA) is 62.9 Å². The van der Waals surface area contributed by atoms with Gasteiger partial charge in [0.1, 0.15) is 24.2 Å². The molecule has 5 heteroatoms. The van der Waals surface area contributed by atoms with Crippen molar-refractivity contribution in [3.05, 3.63) is 89.9 Å². The summed E-state index contributed by atoms with van der Waals surface area (Å²) in [6.45, 7) is 3.45. The molecule has 0 aliphatic heterocycles. The van der Waals surface area contributed by atoms with Gasteiger partial charge in [0.15, 0.2) is 5.78 Å². The molecule has 0 spiro atoms. The van der Waals surface area contributed by atoms with Gasteiger partial charge in [0.05, 0.1) is 12.8 Å². The largest absolute Gasteiger partial charge is 0.491 e. The Labute approximate surface area is 165 Å². The fourth-order valence-corrected chi connectivity index (χ4v) is 2.98. The van der Waals surface area contributed by atoms with Gasteiger partial charge in [-0.3, -0.25) is 9.69 Å². The summed E-state index contributed by atoms with van der Waals surface area (Å²) in [6, 6.07) is 20.9. The lowest BCUT2D eigenvalue weighted by Crippen LogP contribution is -2.35. The second kappa shape index (κ2) is 9.88. The number of aliphatic hydroxyl groups is 1. The molecule has 3 rings (SSSR count). The predicted molar refractivity (Wildman–Crippen MR) is 107 cm³/mol. The van der Waals surface area contributed by atoms with Crippen LogP contribution in [0.2, 0.25) is 0 Å². The number of furan rings is 1. The molecule has 1 N–H and O–H groups in total. The van der Waals surface area contributed by atoms with Gasteiger partial charge < -0.3 is 14.3 Å². The van der Waals surface area contributed by atoms with Crippen molar-refractivity contribution in [2.45, 2.75) is 26.1 Å². The molecule has 1 heterocycles. The predicted octanol–water partition coefficient (Wildman–Crippen LogP) is 3.92. The average molecular weight is 379 g/mol. The maximum Gasteiger partial charge on any atom is 0.159 e. The molecule has 0 fully saturated rings. The number of aliphatic hydroxyl groups excluding tert-OH is 1. The van der Waals surface area contributed by atoms with E-state index in [-0.39, 0.29) is 12.4 Å². The van der Waals surface area contributed by atoms with Crippen molar-refractivity contribution < 1.29 is 19.1 Å². The van der Waals surface area contributed by atoms with E-state index in [1.165, 1.54) is 12.5 Å². The van der Waals surface area contributed by atoms with Gasteiger partial charge in [-0.25, -0.2) is 0 Å². The molecule has 2 aromatic carbocycles. The lowest BCUT2D eigenvalue weighted by atomic mass is 10.1. The Hall–Kier alpha value is -2.89. The normalized spacial score (nSPS) is 12.1. The third kappa shape index (κ3) is 6.08. The minimum absolute atomic E-state index is 0.0149. The van der Waals surface area contributed by atoms with E-state index in [1.807, 2.05) is 30.3 Å². The summed E-state index contributed by atoms with van der Waals surface area (Å²) in [4.78, 5) is 13.5. The van der Waals surface area contributed by atoms with Crippen LogP contribution in [0.4, 0.5) is 0 Å². The van der Waals surface area contributed by atoms with Gasteiger partial charge in [0.2, 0.25) is 0 Å². The lowest BCUT2D eigenvalue weighted by molar-refractivity contribution is 0.0604. The zero-order valence-corrected chi connectivity index (χ0v) is 16.0. The number of nitrogens with zero attached hydrogens (tertiary/aromatic N) is 1. The number of rotatable bonds is 10. The maximum absolute atomic E-state index is 11.3. The Morgan fingerprint density at radius 1 is 1.04 bits per heavy atom. The molecule has 0 aliphatic carbocycles. The van der Waals surface area contributed by atoms with Crippen LogP contribution in [0.15, 0.2) is 77.4 Å². The van der Waals surface area contributed by atoms with Crippen LogP contribution in [0.5, 0.6) is 5.75 Å². The molecule has 146 valence electrons. The summed E-state index contributed by atoms with van der Waals surface area (Å²) >= 11 is 0. The van der Waals surface area contributed by atoms with E-state index in [2.05, 4.69) is 17.0 Å². The quantitative estimate of drug-likeness (QED) is 0.541. The first kappa shape index (κ1) is 19.9. The number of ether oxygens (including phenoxy) is 1. The number of ketones is 1. The van der Waals surface area contributed by atoms with Crippen molar-refractivity contribution in [2.24, 2.45) is 0 Å². The van der Waals surface area contributed by atoms with E-state index in [1.54, 1.807) is 30.5 Å². The summed E-state index contributed by atoms with van der Waals surface area (Å²) in [6.07, 6.45) is 0.992. The second-order valence-corrected chi connectivity index (χ2v) is 6.78. The average Bonchev–Trinajstić information content (AvgIpc) is 3.20. The highest BCUT2D eigenvalue weighted by atomic mass is 16.5. The maximum atomic E-state index is 11.3. The van der Waals surface area contributed by atoms with Crippen LogP contribution in [0, 0.1) is 0 Å². The standard InChI is InChI=1S/C23H25NO4/c1-18(25)20-9-11-22(12-10-20)28-17-21(26)15-24(16-23-8-5-13-27-23)14-19-6-3-2-4-7-19/h2-13,21,26H,14-17H2,1H3/t21-/m1/s1. The van der Waals surface area contributed by atoms with Crippen LogP contribution in [0.25, 0.3) is 0 Å². The highest BCUT2D eigenvalue weighted by Gasteiger charge is 2.15. The van der Waals surface area contributed by atoms with Crippen LogP contribution in [0.3, 0.4) is 0 Å². The SMILES string of the molecule is CC(=O)c1ccc(OC[C@H](O)CN(Cc2ccccc2)Cc2ccco2)cc1. The van der Waals surface area contributed by atoms with Gasteiger partial charge in [-0.15, -0.1) is 0 Å². The van der Waals surface area contributed by atoms with Crippen LogP contribution in [-0.4, -0.2) is 35.0 Å². The van der Waals surface area contributed by atoms with Crippen molar-refractivity contribution in [3.63, 3.8) is 0 Å². The summed E-state index contributed by atoms with van der Waals surface area (Å²) in [7, 11) is 0. The van der Waals surface area contributed by atoms with Crippen LogP contribution in [-0.2, 0) is 13.1 Å². The Kier molecular flexibility index (Phi) is 7.00. The molecule has 28 heavy (non-hydrogen) atoms. The molecule has 1 aromatic heterocycles. The fourth-order valence-electron chi connectivity index (χ4n) is 2.98. The number of Topliss-reactive ketones (excluding diaryl/α,β-unsaturated/α-hetero) is 1. The number of carbonyl (C=O) groups excluding carboxylic acids is 1. The third-order valence-electron chi connectivity index (χ3n) is 4.38. The Bertz CT molecular complexity index is 844. The Balaban J connectivity index is 1.56. The molecule has 0 amide bonds. The second-order valence-electron chi connectivity index (χ2n) is 6.78. The molecule has 3 aromatic rings. The molecule has 5 nitrogen and oxygen atoms in total. The zero-order valence-electron chi connectivity index (χ0n) is 16.0. The van der Waals surface area contributed by atoms with Gasteiger partial charge in [0, 0.05) is 18.7 Å². The van der Waals surface area contributed by atoms with E-state index in [9.17, 15) is 9.90 Å². The first-order valence-corrected chi connectivity index (χ1v) is 9.30. The molecule has 0 radical (unpaired) electrons. The molecule has 0 bridgehead atoms. The van der Waals surface area contributed by atoms with Crippen molar-refractivity contribution in [3.8, 4) is 5.75 Å². The molecular formula is C23H25NO4. The van der Waals surface area contributed by atoms with Gasteiger partial charge in [-0.05, 0) is 48.9 Å². The summed E-state index contributed by atoms with van der Waals surface area (Å²) in [5.74, 6) is 1.50. The van der Waals surface area contributed by atoms with Gasteiger partial charge in [-0.2, -0.15) is 0 Å². The van der Waals surface area contributed by atoms with Crippen molar-refractivity contribution in [1.82, 2.24) is 4.90 Å². The van der Waals surface area contributed by atoms with Crippen LogP contribution in [0.1, 0.15) is 28.6 Å². The van der Waals surface area contributed by atoms with E-state index in [4.69, 9.17) is 9.15 Å². The Morgan fingerprint density at radius 3 is 2.43 bits per heavy atom. The minimum atomic E-state index is -0.661. The van der Waals surface area contributed by atoms with Crippen molar-refractivity contribution in [1.29, 1.82) is 0 Å². The number of benzene rings is 2. The smallest absolute Gasteiger partial charge is 0.159 e. The summed E-state index contributed by atoms with van der Waals surface area (Å²) in [5.41, 5.74) is 1.81.